The number of hydrogen-bond acceptors (Lipinski definition) is 4. The molecule has 0 aromatic heterocycles. The molecule has 0 aliphatic rings. The summed E-state index contributed by atoms with van der Waals surface area (Å²) < 4.78 is 23.2. The molecule has 0 spiro atoms. The summed E-state index contributed by atoms with van der Waals surface area (Å²) in [6, 6.07) is 12.8. The van der Waals surface area contributed by atoms with Crippen molar-refractivity contribution >= 4 is 27.1 Å². The van der Waals surface area contributed by atoms with Crippen LogP contribution in [0.25, 0.3) is 0 Å². The molecule has 0 saturated carbocycles. The number of para-hydroxylation sites is 1. The summed E-state index contributed by atoms with van der Waals surface area (Å²) >= 11 is 0. The fourth-order valence-electron chi connectivity index (χ4n) is 2.23. The molecule has 5 nitrogen and oxygen atoms in total. The highest BCUT2D eigenvalue weighted by molar-refractivity contribution is 7.89. The van der Waals surface area contributed by atoms with Crippen molar-refractivity contribution in [2.24, 2.45) is 5.14 Å². The van der Waals surface area contributed by atoms with Crippen LogP contribution >= 0.6 is 0 Å². The molecule has 2 aromatic rings. The van der Waals surface area contributed by atoms with Crippen LogP contribution in [-0.4, -0.2) is 15.0 Å². The van der Waals surface area contributed by atoms with Crippen LogP contribution in [0.3, 0.4) is 0 Å². The molecule has 2 rings (SSSR count). The fraction of sp³-hybridized carbons (Fsp3) is 0.200. The van der Waals surface area contributed by atoms with E-state index in [9.17, 15) is 8.42 Å². The van der Waals surface area contributed by atoms with Crippen LogP contribution in [0.2, 0.25) is 0 Å². The zero-order chi connectivity index (χ0) is 15.6. The summed E-state index contributed by atoms with van der Waals surface area (Å²) in [5.41, 5.74) is 8.91. The van der Waals surface area contributed by atoms with Crippen LogP contribution < -0.4 is 15.8 Å². The second kappa shape index (κ2) is 5.75. The van der Waals surface area contributed by atoms with E-state index in [1.165, 1.54) is 6.07 Å². The standard InChI is InChI=1S/C15H19N3O2S/c1-3-18(12-9-7-11(2)8-10-12)13-5-4-6-14(15(13)16)21(17,19)20/h4-10H,3,16H2,1-2H3,(H2,17,19,20). The van der Waals surface area contributed by atoms with E-state index in [-0.39, 0.29) is 10.6 Å². The second-order valence-corrected chi connectivity index (χ2v) is 6.34. The second-order valence-electron chi connectivity index (χ2n) is 4.81. The van der Waals surface area contributed by atoms with E-state index in [1.807, 2.05) is 43.0 Å². The monoisotopic (exact) mass is 305 g/mol. The van der Waals surface area contributed by atoms with E-state index in [0.29, 0.717) is 12.2 Å². The molecule has 0 aliphatic heterocycles. The van der Waals surface area contributed by atoms with Gasteiger partial charge in [-0.05, 0) is 38.1 Å². The van der Waals surface area contributed by atoms with Crippen molar-refractivity contribution in [2.45, 2.75) is 18.7 Å². The lowest BCUT2D eigenvalue weighted by Gasteiger charge is -2.25. The minimum Gasteiger partial charge on any atom is -0.396 e. The highest BCUT2D eigenvalue weighted by Gasteiger charge is 2.18. The van der Waals surface area contributed by atoms with Gasteiger partial charge in [0.1, 0.15) is 4.90 Å². The van der Waals surface area contributed by atoms with E-state index in [0.717, 1.165) is 11.3 Å². The fourth-order valence-corrected chi connectivity index (χ4v) is 2.91. The topological polar surface area (TPSA) is 89.4 Å². The number of anilines is 3. The number of benzene rings is 2. The lowest BCUT2D eigenvalue weighted by Crippen LogP contribution is -2.20. The highest BCUT2D eigenvalue weighted by atomic mass is 32.2. The first kappa shape index (κ1) is 15.3. The van der Waals surface area contributed by atoms with Crippen LogP contribution in [0.15, 0.2) is 47.4 Å². The minimum absolute atomic E-state index is 0.0504. The molecule has 4 N–H and O–H groups in total. The van der Waals surface area contributed by atoms with Gasteiger partial charge in [0.2, 0.25) is 10.0 Å². The molecule has 0 fully saturated rings. The Hall–Kier alpha value is -2.05. The van der Waals surface area contributed by atoms with Crippen molar-refractivity contribution in [2.75, 3.05) is 17.2 Å². The van der Waals surface area contributed by atoms with Crippen LogP contribution in [0.5, 0.6) is 0 Å². The lowest BCUT2D eigenvalue weighted by atomic mass is 10.2. The Morgan fingerprint density at radius 2 is 1.71 bits per heavy atom. The third-order valence-electron chi connectivity index (χ3n) is 3.30. The lowest BCUT2D eigenvalue weighted by molar-refractivity contribution is 0.598. The van der Waals surface area contributed by atoms with E-state index in [4.69, 9.17) is 10.9 Å². The molecule has 0 heterocycles. The molecule has 0 unspecified atom stereocenters. The van der Waals surface area contributed by atoms with E-state index < -0.39 is 10.0 Å². The Morgan fingerprint density at radius 3 is 2.24 bits per heavy atom. The van der Waals surface area contributed by atoms with Crippen LogP contribution in [0.4, 0.5) is 17.1 Å². The molecule has 0 saturated heterocycles. The van der Waals surface area contributed by atoms with Gasteiger partial charge in [0, 0.05) is 12.2 Å². The van der Waals surface area contributed by atoms with E-state index in [2.05, 4.69) is 0 Å². The summed E-state index contributed by atoms with van der Waals surface area (Å²) in [6.07, 6.45) is 0. The quantitative estimate of drug-likeness (QED) is 0.849. The van der Waals surface area contributed by atoms with Gasteiger partial charge in [-0.15, -0.1) is 0 Å². The van der Waals surface area contributed by atoms with Gasteiger partial charge in [0.15, 0.2) is 0 Å². The number of hydrogen-bond donors (Lipinski definition) is 2. The van der Waals surface area contributed by atoms with Gasteiger partial charge in [0.25, 0.3) is 0 Å². The van der Waals surface area contributed by atoms with Gasteiger partial charge in [-0.1, -0.05) is 23.8 Å². The third-order valence-corrected chi connectivity index (χ3v) is 4.27. The normalized spacial score (nSPS) is 11.4. The summed E-state index contributed by atoms with van der Waals surface area (Å²) in [5.74, 6) is 0. The number of nitrogens with zero attached hydrogens (tertiary/aromatic N) is 1. The number of sulfonamides is 1. The number of primary sulfonamides is 1. The molecule has 0 radical (unpaired) electrons. The number of nitrogens with two attached hydrogens (primary N) is 2. The van der Waals surface area contributed by atoms with Gasteiger partial charge in [-0.25, -0.2) is 13.6 Å². The number of aryl methyl sites for hydroxylation is 1. The van der Waals surface area contributed by atoms with Gasteiger partial charge in [-0.3, -0.25) is 0 Å². The van der Waals surface area contributed by atoms with Crippen molar-refractivity contribution in [1.29, 1.82) is 0 Å². The van der Waals surface area contributed by atoms with E-state index >= 15 is 0 Å². The highest BCUT2D eigenvalue weighted by Crippen LogP contribution is 2.33. The molecule has 0 aliphatic carbocycles. The summed E-state index contributed by atoms with van der Waals surface area (Å²) in [4.78, 5) is 1.90. The third kappa shape index (κ3) is 3.17. The first-order valence-electron chi connectivity index (χ1n) is 6.60. The van der Waals surface area contributed by atoms with Crippen molar-refractivity contribution in [3.8, 4) is 0 Å². The maximum Gasteiger partial charge on any atom is 0.240 e. The SMILES string of the molecule is CCN(c1ccc(C)cc1)c1cccc(S(N)(=O)=O)c1N. The minimum atomic E-state index is -3.84. The molecular formula is C15H19N3O2S. The van der Waals surface area contributed by atoms with Crippen molar-refractivity contribution in [3.63, 3.8) is 0 Å². The molecule has 21 heavy (non-hydrogen) atoms. The van der Waals surface area contributed by atoms with Gasteiger partial charge in [-0.2, -0.15) is 0 Å². The summed E-state index contributed by atoms with van der Waals surface area (Å²) in [5, 5.41) is 5.20. The van der Waals surface area contributed by atoms with Gasteiger partial charge in [0.05, 0.1) is 11.4 Å². The molecule has 0 bridgehead atoms. The van der Waals surface area contributed by atoms with Gasteiger partial charge >= 0.3 is 0 Å². The van der Waals surface area contributed by atoms with Crippen molar-refractivity contribution in [3.05, 3.63) is 48.0 Å². The summed E-state index contributed by atoms with van der Waals surface area (Å²) in [6.45, 7) is 4.64. The Morgan fingerprint density at radius 1 is 1.10 bits per heavy atom. The van der Waals surface area contributed by atoms with E-state index in [1.54, 1.807) is 12.1 Å². The van der Waals surface area contributed by atoms with Crippen molar-refractivity contribution in [1.82, 2.24) is 0 Å². The average molecular weight is 305 g/mol. The van der Waals surface area contributed by atoms with Crippen LogP contribution in [-0.2, 0) is 10.0 Å². The average Bonchev–Trinajstić information content (AvgIpc) is 2.42. The number of rotatable bonds is 4. The first-order valence-corrected chi connectivity index (χ1v) is 8.14. The van der Waals surface area contributed by atoms with Gasteiger partial charge < -0.3 is 10.6 Å². The zero-order valence-electron chi connectivity index (χ0n) is 12.1. The smallest absolute Gasteiger partial charge is 0.240 e. The number of nitrogen functional groups attached to an aromatic ring is 1. The van der Waals surface area contributed by atoms with Crippen LogP contribution in [0, 0.1) is 6.92 Å². The summed E-state index contributed by atoms with van der Waals surface area (Å²) in [7, 11) is -3.84. The van der Waals surface area contributed by atoms with Crippen LogP contribution in [0.1, 0.15) is 12.5 Å². The molecule has 6 heteroatoms. The maximum absolute atomic E-state index is 11.6. The molecule has 0 amide bonds. The predicted octanol–water partition coefficient (Wildman–Crippen LogP) is 2.38. The Labute approximate surface area is 125 Å². The molecule has 2 aromatic carbocycles. The predicted molar refractivity (Wildman–Crippen MR) is 86.1 cm³/mol. The first-order chi connectivity index (χ1) is 9.84. The molecule has 112 valence electrons. The Bertz CT molecular complexity index is 740. The molecular weight excluding hydrogens is 286 g/mol. The van der Waals surface area contributed by atoms with Crippen molar-refractivity contribution < 1.29 is 8.42 Å². The Balaban J connectivity index is 2.56. The largest absolute Gasteiger partial charge is 0.396 e. The molecule has 0 atom stereocenters. The Kier molecular flexibility index (Phi) is 4.20. The maximum atomic E-state index is 11.6. The zero-order valence-corrected chi connectivity index (χ0v) is 12.9.